The number of hydrogen-bond donors (Lipinski definition) is 2. The van der Waals surface area contributed by atoms with E-state index in [0.29, 0.717) is 19.6 Å². The van der Waals surface area contributed by atoms with Crippen molar-refractivity contribution in [2.45, 2.75) is 13.1 Å². The predicted molar refractivity (Wildman–Crippen MR) is 96.1 cm³/mol. The van der Waals surface area contributed by atoms with Crippen LogP contribution in [0.25, 0.3) is 10.6 Å². The zero-order valence-electron chi connectivity index (χ0n) is 13.6. The molecule has 0 unspecified atom stereocenters. The Kier molecular flexibility index (Phi) is 5.63. The molecule has 3 rings (SSSR count). The molecule has 0 atom stereocenters. The molecular formula is C18H21N3O2S. The van der Waals surface area contributed by atoms with Gasteiger partial charge in [0, 0.05) is 30.8 Å². The number of para-hydroxylation sites is 1. The van der Waals surface area contributed by atoms with Crippen molar-refractivity contribution in [1.29, 1.82) is 0 Å². The molecule has 1 aromatic carbocycles. The first-order valence-corrected chi connectivity index (χ1v) is 8.71. The third kappa shape index (κ3) is 3.84. The topological polar surface area (TPSA) is 61.4 Å². The minimum atomic E-state index is 0.112. The van der Waals surface area contributed by atoms with Gasteiger partial charge in [-0.1, -0.05) is 24.3 Å². The highest BCUT2D eigenvalue weighted by Crippen LogP contribution is 2.27. The molecule has 2 N–H and O–H groups in total. The summed E-state index contributed by atoms with van der Waals surface area (Å²) in [6, 6.07) is 12.1. The van der Waals surface area contributed by atoms with E-state index >= 15 is 0 Å². The number of aromatic amines is 1. The van der Waals surface area contributed by atoms with Crippen LogP contribution >= 0.6 is 11.3 Å². The number of ether oxygens (including phenoxy) is 1. The average Bonchev–Trinajstić information content (AvgIpc) is 3.26. The fourth-order valence-corrected chi connectivity index (χ4v) is 3.49. The van der Waals surface area contributed by atoms with Crippen LogP contribution in [-0.4, -0.2) is 40.5 Å². The number of nitrogens with zero attached hydrogens (tertiary/aromatic N) is 2. The van der Waals surface area contributed by atoms with E-state index in [1.54, 1.807) is 18.4 Å². The normalized spacial score (nSPS) is 11.1. The molecular weight excluding hydrogens is 322 g/mol. The van der Waals surface area contributed by atoms with Crippen molar-refractivity contribution in [3.8, 4) is 16.3 Å². The lowest BCUT2D eigenvalue weighted by Gasteiger charge is -2.22. The summed E-state index contributed by atoms with van der Waals surface area (Å²) in [4.78, 5) is 3.36. The van der Waals surface area contributed by atoms with Gasteiger partial charge in [-0.05, 0) is 17.5 Å². The van der Waals surface area contributed by atoms with Gasteiger partial charge in [0.15, 0.2) is 0 Å². The molecule has 2 heterocycles. The highest BCUT2D eigenvalue weighted by atomic mass is 32.1. The van der Waals surface area contributed by atoms with Crippen molar-refractivity contribution in [2.75, 3.05) is 20.3 Å². The Morgan fingerprint density at radius 1 is 1.17 bits per heavy atom. The Labute approximate surface area is 145 Å². The van der Waals surface area contributed by atoms with Crippen LogP contribution in [0, 0.1) is 0 Å². The van der Waals surface area contributed by atoms with Gasteiger partial charge in [-0.15, -0.1) is 11.3 Å². The Morgan fingerprint density at radius 2 is 2.00 bits per heavy atom. The van der Waals surface area contributed by atoms with E-state index in [9.17, 15) is 5.11 Å². The van der Waals surface area contributed by atoms with E-state index in [-0.39, 0.29) is 6.61 Å². The Bertz CT molecular complexity index is 755. The molecule has 0 saturated carbocycles. The van der Waals surface area contributed by atoms with E-state index < -0.39 is 0 Å². The first-order valence-electron chi connectivity index (χ1n) is 7.83. The molecule has 0 saturated heterocycles. The lowest BCUT2D eigenvalue weighted by molar-refractivity contribution is 0.183. The molecule has 3 aromatic rings. The summed E-state index contributed by atoms with van der Waals surface area (Å²) < 4.78 is 5.44. The summed E-state index contributed by atoms with van der Waals surface area (Å²) in [5.74, 6) is 0.867. The largest absolute Gasteiger partial charge is 0.496 e. The summed E-state index contributed by atoms with van der Waals surface area (Å²) in [7, 11) is 1.68. The Morgan fingerprint density at radius 3 is 2.75 bits per heavy atom. The van der Waals surface area contributed by atoms with Gasteiger partial charge in [-0.3, -0.25) is 10.00 Å². The number of methoxy groups -OCH3 is 1. The quantitative estimate of drug-likeness (QED) is 0.660. The third-order valence-electron chi connectivity index (χ3n) is 3.88. The highest BCUT2D eigenvalue weighted by Gasteiger charge is 2.14. The smallest absolute Gasteiger partial charge is 0.123 e. The van der Waals surface area contributed by atoms with Crippen LogP contribution in [0.15, 0.2) is 48.0 Å². The standard InChI is InChI=1S/C18H21N3O2S/c1-23-16-6-3-2-5-14(16)12-21(8-9-22)13-15-11-19-20-18(15)17-7-4-10-24-17/h2-7,10-11,22H,8-9,12-13H2,1H3,(H,19,20). The second-order valence-corrected chi connectivity index (χ2v) is 6.44. The monoisotopic (exact) mass is 343 g/mol. The van der Waals surface area contributed by atoms with E-state index in [1.807, 2.05) is 30.5 Å². The lowest BCUT2D eigenvalue weighted by atomic mass is 10.1. The molecule has 0 spiro atoms. The predicted octanol–water partition coefficient (Wildman–Crippen LogP) is 3.14. The van der Waals surface area contributed by atoms with Crippen LogP contribution < -0.4 is 4.74 Å². The third-order valence-corrected chi connectivity index (χ3v) is 4.77. The highest BCUT2D eigenvalue weighted by molar-refractivity contribution is 7.13. The van der Waals surface area contributed by atoms with Crippen LogP contribution in [0.4, 0.5) is 0 Å². The number of nitrogens with one attached hydrogen (secondary N) is 1. The molecule has 0 aliphatic rings. The van der Waals surface area contributed by atoms with Gasteiger partial charge >= 0.3 is 0 Å². The minimum Gasteiger partial charge on any atom is -0.496 e. The summed E-state index contributed by atoms with van der Waals surface area (Å²) in [5, 5.41) is 18.8. The molecule has 0 aliphatic carbocycles. The molecule has 2 aromatic heterocycles. The van der Waals surface area contributed by atoms with Gasteiger partial charge in [-0.25, -0.2) is 0 Å². The molecule has 0 aliphatic heterocycles. The van der Waals surface area contributed by atoms with Gasteiger partial charge < -0.3 is 9.84 Å². The van der Waals surface area contributed by atoms with Crippen molar-refractivity contribution in [1.82, 2.24) is 15.1 Å². The Balaban J connectivity index is 1.79. The van der Waals surface area contributed by atoms with Crippen molar-refractivity contribution in [2.24, 2.45) is 0 Å². The summed E-state index contributed by atoms with van der Waals surface area (Å²) in [6.07, 6.45) is 1.86. The summed E-state index contributed by atoms with van der Waals surface area (Å²) in [6.45, 7) is 2.12. The molecule has 5 nitrogen and oxygen atoms in total. The molecule has 0 amide bonds. The van der Waals surface area contributed by atoms with E-state index in [1.165, 1.54) is 4.88 Å². The zero-order valence-corrected chi connectivity index (χ0v) is 14.4. The first-order chi connectivity index (χ1) is 11.8. The van der Waals surface area contributed by atoms with Crippen LogP contribution in [0.1, 0.15) is 11.1 Å². The van der Waals surface area contributed by atoms with Crippen LogP contribution in [0.5, 0.6) is 5.75 Å². The molecule has 6 heteroatoms. The van der Waals surface area contributed by atoms with E-state index in [4.69, 9.17) is 4.74 Å². The number of benzene rings is 1. The van der Waals surface area contributed by atoms with Gasteiger partial charge in [0.05, 0.1) is 30.5 Å². The lowest BCUT2D eigenvalue weighted by Crippen LogP contribution is -2.26. The molecule has 0 radical (unpaired) electrons. The number of aromatic nitrogens is 2. The number of thiophene rings is 1. The average molecular weight is 343 g/mol. The number of hydrogen-bond acceptors (Lipinski definition) is 5. The number of aliphatic hydroxyl groups excluding tert-OH is 1. The number of rotatable bonds is 8. The van der Waals surface area contributed by atoms with E-state index in [0.717, 1.165) is 22.6 Å². The SMILES string of the molecule is COc1ccccc1CN(CCO)Cc1cn[nH]c1-c1cccs1. The van der Waals surface area contributed by atoms with E-state index in [2.05, 4.69) is 32.6 Å². The zero-order chi connectivity index (χ0) is 16.8. The van der Waals surface area contributed by atoms with Gasteiger partial charge in [0.2, 0.25) is 0 Å². The first kappa shape index (κ1) is 16.7. The molecule has 24 heavy (non-hydrogen) atoms. The maximum absolute atomic E-state index is 9.43. The summed E-state index contributed by atoms with van der Waals surface area (Å²) >= 11 is 1.69. The van der Waals surface area contributed by atoms with Crippen molar-refractivity contribution < 1.29 is 9.84 Å². The van der Waals surface area contributed by atoms with Crippen LogP contribution in [-0.2, 0) is 13.1 Å². The van der Waals surface area contributed by atoms with Gasteiger partial charge in [0.1, 0.15) is 5.75 Å². The maximum atomic E-state index is 9.43. The Hall–Kier alpha value is -2.15. The maximum Gasteiger partial charge on any atom is 0.123 e. The van der Waals surface area contributed by atoms with Crippen LogP contribution in [0.3, 0.4) is 0 Å². The van der Waals surface area contributed by atoms with Crippen molar-refractivity contribution >= 4 is 11.3 Å². The molecule has 126 valence electrons. The van der Waals surface area contributed by atoms with Gasteiger partial charge in [-0.2, -0.15) is 5.10 Å². The van der Waals surface area contributed by atoms with Gasteiger partial charge in [0.25, 0.3) is 0 Å². The molecule has 0 fully saturated rings. The van der Waals surface area contributed by atoms with Crippen molar-refractivity contribution in [3.05, 3.63) is 59.1 Å². The second kappa shape index (κ2) is 8.10. The number of H-pyrrole nitrogens is 1. The van der Waals surface area contributed by atoms with Crippen molar-refractivity contribution in [3.63, 3.8) is 0 Å². The fraction of sp³-hybridized carbons (Fsp3) is 0.278. The minimum absolute atomic E-state index is 0.112. The molecule has 0 bridgehead atoms. The number of aliphatic hydroxyl groups is 1. The second-order valence-electron chi connectivity index (χ2n) is 5.49. The summed E-state index contributed by atoms with van der Waals surface area (Å²) in [5.41, 5.74) is 3.28. The fourth-order valence-electron chi connectivity index (χ4n) is 2.74. The van der Waals surface area contributed by atoms with Crippen LogP contribution in [0.2, 0.25) is 0 Å².